The van der Waals surface area contributed by atoms with Gasteiger partial charge in [0.2, 0.25) is 0 Å². The molecule has 0 fully saturated rings. The van der Waals surface area contributed by atoms with Gasteiger partial charge in [0, 0.05) is 12.7 Å². The second-order valence-corrected chi connectivity index (χ2v) is 7.53. The molecule has 0 aliphatic rings. The Morgan fingerprint density at radius 3 is 2.58 bits per heavy atom. The van der Waals surface area contributed by atoms with Gasteiger partial charge in [-0.05, 0) is 52.7 Å². The number of hydrogen-bond donors (Lipinski definition) is 2. The van der Waals surface area contributed by atoms with Crippen LogP contribution in [0.5, 0.6) is 0 Å². The van der Waals surface area contributed by atoms with E-state index in [1.807, 2.05) is 60.7 Å². The molecule has 2 N–H and O–H groups in total. The third-order valence-corrected chi connectivity index (χ3v) is 5.41. The van der Waals surface area contributed by atoms with Crippen LogP contribution < -0.4 is 10.6 Å². The zero-order chi connectivity index (χ0) is 22.6. The highest BCUT2D eigenvalue weighted by atomic mass is 16.2. The van der Waals surface area contributed by atoms with Gasteiger partial charge in [-0.1, -0.05) is 42.5 Å². The van der Waals surface area contributed by atoms with Gasteiger partial charge in [-0.25, -0.2) is 4.52 Å². The van der Waals surface area contributed by atoms with Crippen molar-refractivity contribution in [3.63, 3.8) is 0 Å². The van der Waals surface area contributed by atoms with Gasteiger partial charge < -0.3 is 10.6 Å². The third kappa shape index (κ3) is 4.27. The van der Waals surface area contributed by atoms with Gasteiger partial charge in [-0.15, -0.1) is 5.10 Å². The van der Waals surface area contributed by atoms with E-state index in [-0.39, 0.29) is 24.1 Å². The number of fused-ring (bicyclic) bond motifs is 2. The molecule has 5 rings (SSSR count). The summed E-state index contributed by atoms with van der Waals surface area (Å²) in [5.41, 5.74) is 2.30. The van der Waals surface area contributed by atoms with Crippen molar-refractivity contribution in [3.8, 4) is 0 Å². The summed E-state index contributed by atoms with van der Waals surface area (Å²) < 4.78 is 1.58. The number of aromatic nitrogens is 4. The molecule has 1 unspecified atom stereocenters. The molecule has 0 bridgehead atoms. The summed E-state index contributed by atoms with van der Waals surface area (Å²) in [7, 11) is 0. The molecule has 0 saturated heterocycles. The number of carbonyl (C=O) groups excluding carboxylic acids is 2. The van der Waals surface area contributed by atoms with E-state index in [1.54, 1.807) is 28.9 Å². The lowest BCUT2D eigenvalue weighted by atomic mass is 10.0. The first-order chi connectivity index (χ1) is 16.2. The number of carbonyl (C=O) groups is 2. The van der Waals surface area contributed by atoms with E-state index in [9.17, 15) is 9.59 Å². The van der Waals surface area contributed by atoms with E-state index < -0.39 is 6.04 Å². The molecule has 1 atom stereocenters. The summed E-state index contributed by atoms with van der Waals surface area (Å²) in [6, 6.07) is 23.9. The molecule has 3 aromatic heterocycles. The molecule has 3 heterocycles. The first-order valence-electron chi connectivity index (χ1n) is 10.5. The first-order valence-corrected chi connectivity index (χ1v) is 10.5. The van der Waals surface area contributed by atoms with Crippen molar-refractivity contribution < 1.29 is 9.59 Å². The minimum Gasteiger partial charge on any atom is -0.348 e. The monoisotopic (exact) mass is 436 g/mol. The lowest BCUT2D eigenvalue weighted by molar-refractivity contribution is 0.0902. The normalized spacial score (nSPS) is 11.9. The van der Waals surface area contributed by atoms with Crippen LogP contribution >= 0.6 is 0 Å². The highest BCUT2D eigenvalue weighted by molar-refractivity contribution is 5.94. The smallest absolute Gasteiger partial charge is 0.272 e. The van der Waals surface area contributed by atoms with E-state index in [1.165, 1.54) is 6.20 Å². The topological polar surface area (TPSA) is 101 Å². The Hall–Kier alpha value is -4.59. The quantitative estimate of drug-likeness (QED) is 0.426. The fraction of sp³-hybridized carbons (Fsp3) is 0.0800. The molecule has 2 amide bonds. The summed E-state index contributed by atoms with van der Waals surface area (Å²) >= 11 is 0. The molecule has 8 heteroatoms. The molecule has 33 heavy (non-hydrogen) atoms. The van der Waals surface area contributed by atoms with Gasteiger partial charge in [0.05, 0.1) is 17.8 Å². The predicted octanol–water partition coefficient (Wildman–Crippen LogP) is 3.18. The van der Waals surface area contributed by atoms with Gasteiger partial charge >= 0.3 is 0 Å². The van der Waals surface area contributed by atoms with Crippen LogP contribution in [0.3, 0.4) is 0 Å². The Labute approximate surface area is 189 Å². The number of benzene rings is 2. The fourth-order valence-corrected chi connectivity index (χ4v) is 3.74. The van der Waals surface area contributed by atoms with Crippen molar-refractivity contribution >= 4 is 28.1 Å². The van der Waals surface area contributed by atoms with Crippen molar-refractivity contribution in [1.82, 2.24) is 30.4 Å². The maximum absolute atomic E-state index is 13.0. The Bertz CT molecular complexity index is 1450. The van der Waals surface area contributed by atoms with Crippen LogP contribution in [0.25, 0.3) is 16.3 Å². The van der Waals surface area contributed by atoms with Crippen LogP contribution in [0.15, 0.2) is 91.3 Å². The van der Waals surface area contributed by atoms with E-state index in [2.05, 4.69) is 25.9 Å². The average molecular weight is 436 g/mol. The summed E-state index contributed by atoms with van der Waals surface area (Å²) in [5, 5.41) is 19.9. The zero-order valence-corrected chi connectivity index (χ0v) is 17.6. The number of rotatable bonds is 6. The summed E-state index contributed by atoms with van der Waals surface area (Å²) in [6.07, 6.45) is 3.15. The van der Waals surface area contributed by atoms with Crippen LogP contribution in [0.4, 0.5) is 0 Å². The molecule has 162 valence electrons. The number of amides is 2. The van der Waals surface area contributed by atoms with Gasteiger partial charge in [-0.2, -0.15) is 10.2 Å². The van der Waals surface area contributed by atoms with Crippen LogP contribution in [-0.2, 0) is 0 Å². The molecule has 0 aliphatic carbocycles. The molecule has 0 spiro atoms. The Morgan fingerprint density at radius 1 is 0.848 bits per heavy atom. The second-order valence-electron chi connectivity index (χ2n) is 7.53. The Morgan fingerprint density at radius 2 is 1.73 bits per heavy atom. The number of nitrogens with one attached hydrogen (secondary N) is 2. The van der Waals surface area contributed by atoms with Crippen LogP contribution in [0.2, 0.25) is 0 Å². The average Bonchev–Trinajstić information content (AvgIpc) is 3.35. The van der Waals surface area contributed by atoms with Crippen molar-refractivity contribution in [2.75, 3.05) is 6.54 Å². The van der Waals surface area contributed by atoms with Crippen LogP contribution in [-0.4, -0.2) is 38.2 Å². The van der Waals surface area contributed by atoms with E-state index in [4.69, 9.17) is 0 Å². The summed E-state index contributed by atoms with van der Waals surface area (Å²) in [5.74, 6) is -0.659. The summed E-state index contributed by atoms with van der Waals surface area (Å²) in [4.78, 5) is 25.8. The lowest BCUT2D eigenvalue weighted by Gasteiger charge is -2.20. The van der Waals surface area contributed by atoms with E-state index in [0.717, 1.165) is 21.9 Å². The molecule has 0 radical (unpaired) electrons. The number of pyridine rings is 1. The number of hydrogen-bond acceptors (Lipinski definition) is 5. The Kier molecular flexibility index (Phi) is 5.47. The van der Waals surface area contributed by atoms with E-state index in [0.29, 0.717) is 5.69 Å². The SMILES string of the molecule is O=C(NC(CNC(=O)c1cccc2ccnn12)c1ccc2ccccc2c1)c1cccnn1. The second kappa shape index (κ2) is 8.88. The molecule has 0 saturated carbocycles. The van der Waals surface area contributed by atoms with Crippen LogP contribution in [0.1, 0.15) is 32.6 Å². The predicted molar refractivity (Wildman–Crippen MR) is 124 cm³/mol. The van der Waals surface area contributed by atoms with Gasteiger partial charge in [0.1, 0.15) is 5.69 Å². The maximum atomic E-state index is 13.0. The van der Waals surface area contributed by atoms with Crippen molar-refractivity contribution in [2.24, 2.45) is 0 Å². The minimum absolute atomic E-state index is 0.181. The first kappa shape index (κ1) is 20.3. The molecular weight excluding hydrogens is 416 g/mol. The van der Waals surface area contributed by atoms with Gasteiger partial charge in [0.25, 0.3) is 11.8 Å². The molecule has 2 aromatic carbocycles. The van der Waals surface area contributed by atoms with Crippen molar-refractivity contribution in [2.45, 2.75) is 6.04 Å². The van der Waals surface area contributed by atoms with Crippen LogP contribution in [0, 0.1) is 0 Å². The lowest BCUT2D eigenvalue weighted by Crippen LogP contribution is -2.38. The minimum atomic E-state index is -0.482. The summed E-state index contributed by atoms with van der Waals surface area (Å²) in [6.45, 7) is 0.181. The van der Waals surface area contributed by atoms with E-state index >= 15 is 0 Å². The third-order valence-electron chi connectivity index (χ3n) is 5.41. The highest BCUT2D eigenvalue weighted by Crippen LogP contribution is 2.21. The molecule has 8 nitrogen and oxygen atoms in total. The standard InChI is InChI=1S/C25H20N6O2/c32-24(21-8-4-13-27-30-21)29-22(19-11-10-17-5-1-2-6-18(17)15-19)16-26-25(33)23-9-3-7-20-12-14-28-31(20)23/h1-15,22H,16H2,(H,26,33)(H,29,32). The molecule has 0 aliphatic heterocycles. The molecular formula is C25H20N6O2. The van der Waals surface area contributed by atoms with Crippen molar-refractivity contribution in [1.29, 1.82) is 0 Å². The number of nitrogens with zero attached hydrogens (tertiary/aromatic N) is 4. The van der Waals surface area contributed by atoms with Gasteiger partial charge in [-0.3, -0.25) is 9.59 Å². The zero-order valence-electron chi connectivity index (χ0n) is 17.6. The Balaban J connectivity index is 1.42. The maximum Gasteiger partial charge on any atom is 0.272 e. The van der Waals surface area contributed by atoms with Gasteiger partial charge in [0.15, 0.2) is 5.69 Å². The van der Waals surface area contributed by atoms with Crippen molar-refractivity contribution in [3.05, 3.63) is 108 Å². The fourth-order valence-electron chi connectivity index (χ4n) is 3.74. The largest absolute Gasteiger partial charge is 0.348 e. The molecule has 5 aromatic rings. The highest BCUT2D eigenvalue weighted by Gasteiger charge is 2.19.